The van der Waals surface area contributed by atoms with Gasteiger partial charge in [-0.1, -0.05) is 0 Å². The molecular weight excluding hydrogens is 228 g/mol. The summed E-state index contributed by atoms with van der Waals surface area (Å²) in [6.07, 6.45) is -0.631. The highest BCUT2D eigenvalue weighted by atomic mass is 17.2. The molecule has 0 saturated carbocycles. The minimum Gasteiger partial charge on any atom is -0.441 e. The molecule has 100 valence electrons. The normalized spacial score (nSPS) is 25.5. The van der Waals surface area contributed by atoms with Gasteiger partial charge in [0.1, 0.15) is 6.61 Å². The van der Waals surface area contributed by atoms with Gasteiger partial charge in [-0.2, -0.15) is 0 Å². The minimum absolute atomic E-state index is 0.126. The number of hydrogen-bond donors (Lipinski definition) is 2. The maximum Gasteiger partial charge on any atom is 0.407 e. The van der Waals surface area contributed by atoms with Crippen LogP contribution in [0.25, 0.3) is 0 Å². The van der Waals surface area contributed by atoms with Crippen molar-refractivity contribution in [1.29, 1.82) is 0 Å². The fourth-order valence-corrected chi connectivity index (χ4v) is 1.55. The Balaban J connectivity index is 2.22. The van der Waals surface area contributed by atoms with E-state index in [1.54, 1.807) is 6.92 Å². The summed E-state index contributed by atoms with van der Waals surface area (Å²) in [5.74, 6) is 0. The molecule has 0 spiro atoms. The van der Waals surface area contributed by atoms with Gasteiger partial charge in [0.25, 0.3) is 0 Å². The van der Waals surface area contributed by atoms with Crippen LogP contribution in [0.2, 0.25) is 0 Å². The first kappa shape index (κ1) is 14.2. The molecule has 0 radical (unpaired) electrons. The summed E-state index contributed by atoms with van der Waals surface area (Å²) < 4.78 is 10.1. The van der Waals surface area contributed by atoms with Crippen LogP contribution in [-0.2, 0) is 19.2 Å². The van der Waals surface area contributed by atoms with Gasteiger partial charge in [0.2, 0.25) is 0 Å². The lowest BCUT2D eigenvalue weighted by Crippen LogP contribution is -2.36. The first-order valence-electron chi connectivity index (χ1n) is 5.74. The first-order chi connectivity index (χ1) is 8.17. The molecule has 0 aromatic heterocycles. The Hall–Kier alpha value is -0.890. The van der Waals surface area contributed by atoms with E-state index in [4.69, 9.17) is 25.0 Å². The van der Waals surface area contributed by atoms with Crippen molar-refractivity contribution >= 4 is 6.09 Å². The molecule has 1 rings (SSSR count). The van der Waals surface area contributed by atoms with Crippen molar-refractivity contribution in [3.8, 4) is 0 Å². The Bertz CT molecular complexity index is 239. The molecule has 1 aliphatic rings. The molecule has 3 atom stereocenters. The summed E-state index contributed by atoms with van der Waals surface area (Å²) in [5.41, 5.74) is 5.43. The zero-order valence-electron chi connectivity index (χ0n) is 10.2. The van der Waals surface area contributed by atoms with E-state index < -0.39 is 12.4 Å². The maximum atomic E-state index is 11.0. The number of rotatable bonds is 8. The lowest BCUT2D eigenvalue weighted by atomic mass is 10.1. The van der Waals surface area contributed by atoms with E-state index in [0.29, 0.717) is 19.6 Å². The average molecular weight is 248 g/mol. The van der Waals surface area contributed by atoms with E-state index in [9.17, 15) is 4.79 Å². The van der Waals surface area contributed by atoms with Crippen LogP contribution < -0.4 is 11.1 Å². The van der Waals surface area contributed by atoms with Crippen LogP contribution in [0.1, 0.15) is 20.3 Å². The molecule has 7 nitrogen and oxygen atoms in total. The van der Waals surface area contributed by atoms with E-state index in [1.807, 2.05) is 6.92 Å². The predicted octanol–water partition coefficient (Wildman–Crippen LogP) is 0.143. The molecule has 0 bridgehead atoms. The summed E-state index contributed by atoms with van der Waals surface area (Å²) >= 11 is 0. The second-order valence-corrected chi connectivity index (χ2v) is 3.68. The molecule has 0 aromatic rings. The number of nitrogens with two attached hydrogens (primary N) is 1. The highest BCUT2D eigenvalue weighted by Crippen LogP contribution is 2.12. The predicted molar refractivity (Wildman–Crippen MR) is 59.0 cm³/mol. The van der Waals surface area contributed by atoms with Crippen LogP contribution in [0.5, 0.6) is 0 Å². The topological polar surface area (TPSA) is 92.0 Å². The standard InChI is InChI=1S/C10H20N2O5/c1-3-14-7(2)17-15-6-9-8(4-5-11)12-10(13)16-9/h7-9H,3-6,11H2,1-2H3,(H,12,13). The maximum absolute atomic E-state index is 11.0. The van der Waals surface area contributed by atoms with E-state index in [2.05, 4.69) is 5.32 Å². The number of alkyl carbamates (subject to hydrolysis) is 1. The van der Waals surface area contributed by atoms with Crippen molar-refractivity contribution in [2.45, 2.75) is 38.7 Å². The van der Waals surface area contributed by atoms with Crippen LogP contribution in [0.15, 0.2) is 0 Å². The van der Waals surface area contributed by atoms with Gasteiger partial charge in [-0.15, -0.1) is 0 Å². The second kappa shape index (κ2) is 7.44. The number of carbonyl (C=O) groups excluding carboxylic acids is 1. The number of carbonyl (C=O) groups is 1. The summed E-state index contributed by atoms with van der Waals surface area (Å²) in [6, 6.07) is -0.126. The first-order valence-corrected chi connectivity index (χ1v) is 5.74. The molecule has 1 heterocycles. The van der Waals surface area contributed by atoms with Gasteiger partial charge in [-0.05, 0) is 26.8 Å². The molecule has 1 saturated heterocycles. The Labute approximate surface area is 100 Å². The lowest BCUT2D eigenvalue weighted by molar-refractivity contribution is -0.378. The third kappa shape index (κ3) is 4.86. The summed E-state index contributed by atoms with van der Waals surface area (Å²) in [5, 5.41) is 2.66. The smallest absolute Gasteiger partial charge is 0.407 e. The Kier molecular flexibility index (Phi) is 6.20. The molecule has 3 unspecified atom stereocenters. The number of ether oxygens (including phenoxy) is 2. The molecule has 17 heavy (non-hydrogen) atoms. The fraction of sp³-hybridized carbons (Fsp3) is 0.900. The fourth-order valence-electron chi connectivity index (χ4n) is 1.55. The summed E-state index contributed by atoms with van der Waals surface area (Å²) in [7, 11) is 0. The van der Waals surface area contributed by atoms with E-state index >= 15 is 0 Å². The van der Waals surface area contributed by atoms with Gasteiger partial charge in [-0.25, -0.2) is 14.6 Å². The molecule has 3 N–H and O–H groups in total. The largest absolute Gasteiger partial charge is 0.441 e. The third-order valence-electron chi connectivity index (χ3n) is 2.33. The van der Waals surface area contributed by atoms with E-state index in [-0.39, 0.29) is 18.8 Å². The van der Waals surface area contributed by atoms with Crippen LogP contribution in [-0.4, -0.2) is 44.3 Å². The zero-order chi connectivity index (χ0) is 12.7. The quantitative estimate of drug-likeness (QED) is 0.361. The Morgan fingerprint density at radius 1 is 1.59 bits per heavy atom. The van der Waals surface area contributed by atoms with Crippen molar-refractivity contribution < 1.29 is 24.0 Å². The second-order valence-electron chi connectivity index (χ2n) is 3.68. The Morgan fingerprint density at radius 3 is 3.00 bits per heavy atom. The van der Waals surface area contributed by atoms with Crippen molar-refractivity contribution in [2.75, 3.05) is 19.8 Å². The van der Waals surface area contributed by atoms with Crippen LogP contribution >= 0.6 is 0 Å². The van der Waals surface area contributed by atoms with Gasteiger partial charge >= 0.3 is 6.09 Å². The Morgan fingerprint density at radius 2 is 2.35 bits per heavy atom. The van der Waals surface area contributed by atoms with Gasteiger partial charge in [0.15, 0.2) is 12.4 Å². The molecular formula is C10H20N2O5. The minimum atomic E-state index is -0.449. The number of amides is 1. The van der Waals surface area contributed by atoms with Crippen LogP contribution in [0.3, 0.4) is 0 Å². The SMILES string of the molecule is CCOC(C)OOCC1OC(=O)NC1CCN. The number of nitrogens with one attached hydrogen (secondary N) is 1. The van der Waals surface area contributed by atoms with Gasteiger partial charge in [-0.3, -0.25) is 0 Å². The van der Waals surface area contributed by atoms with Crippen molar-refractivity contribution in [3.05, 3.63) is 0 Å². The highest BCUT2D eigenvalue weighted by molar-refractivity contribution is 5.70. The molecule has 1 fully saturated rings. The van der Waals surface area contributed by atoms with E-state index in [0.717, 1.165) is 0 Å². The van der Waals surface area contributed by atoms with Crippen molar-refractivity contribution in [2.24, 2.45) is 5.73 Å². The van der Waals surface area contributed by atoms with Crippen molar-refractivity contribution in [1.82, 2.24) is 5.32 Å². The van der Waals surface area contributed by atoms with Gasteiger partial charge < -0.3 is 20.5 Å². The monoisotopic (exact) mass is 248 g/mol. The third-order valence-corrected chi connectivity index (χ3v) is 2.33. The number of cyclic esters (lactones) is 1. The summed E-state index contributed by atoms with van der Waals surface area (Å²) in [4.78, 5) is 21.0. The highest BCUT2D eigenvalue weighted by Gasteiger charge is 2.33. The zero-order valence-corrected chi connectivity index (χ0v) is 10.2. The number of hydrogen-bond acceptors (Lipinski definition) is 6. The lowest BCUT2D eigenvalue weighted by Gasteiger charge is -2.17. The van der Waals surface area contributed by atoms with Gasteiger partial charge in [0, 0.05) is 6.61 Å². The summed E-state index contributed by atoms with van der Waals surface area (Å²) in [6.45, 7) is 4.75. The molecule has 0 aliphatic carbocycles. The van der Waals surface area contributed by atoms with Crippen LogP contribution in [0.4, 0.5) is 4.79 Å². The molecule has 1 aliphatic heterocycles. The van der Waals surface area contributed by atoms with Crippen LogP contribution in [0, 0.1) is 0 Å². The molecule has 7 heteroatoms. The van der Waals surface area contributed by atoms with E-state index in [1.165, 1.54) is 0 Å². The van der Waals surface area contributed by atoms with Gasteiger partial charge in [0.05, 0.1) is 6.04 Å². The molecule has 0 aromatic carbocycles. The average Bonchev–Trinajstić information content (AvgIpc) is 2.60. The van der Waals surface area contributed by atoms with Crippen molar-refractivity contribution in [3.63, 3.8) is 0 Å². The molecule has 1 amide bonds.